The lowest BCUT2D eigenvalue weighted by molar-refractivity contribution is -0.141. The molecule has 0 heterocycles. The number of benzene rings is 2. The molecule has 0 unspecified atom stereocenters. The van der Waals surface area contributed by atoms with Crippen LogP contribution in [0.1, 0.15) is 30.0 Å². The van der Waals surface area contributed by atoms with Gasteiger partial charge in [-0.1, -0.05) is 54.3 Å². The van der Waals surface area contributed by atoms with E-state index >= 15 is 0 Å². The molecule has 21 heavy (non-hydrogen) atoms. The van der Waals surface area contributed by atoms with Gasteiger partial charge in [-0.05, 0) is 36.6 Å². The van der Waals surface area contributed by atoms with Crippen molar-refractivity contribution in [3.05, 3.63) is 71.3 Å². The molecule has 0 N–H and O–H groups in total. The predicted molar refractivity (Wildman–Crippen MR) is 83.8 cm³/mol. The van der Waals surface area contributed by atoms with Crippen LogP contribution in [0.5, 0.6) is 0 Å². The average Bonchev–Trinajstić information content (AvgIpc) is 2.50. The van der Waals surface area contributed by atoms with Crippen LogP contribution in [-0.4, -0.2) is 12.6 Å². The van der Waals surface area contributed by atoms with Crippen LogP contribution in [0.25, 0.3) is 0 Å². The van der Waals surface area contributed by atoms with Gasteiger partial charge in [-0.15, -0.1) is 0 Å². The van der Waals surface area contributed by atoms with E-state index in [2.05, 4.69) is 36.1 Å². The number of hydrogen-bond donors (Lipinski definition) is 0. The topological polar surface area (TPSA) is 26.3 Å². The first kappa shape index (κ1) is 14.9. The lowest BCUT2D eigenvalue weighted by Crippen LogP contribution is -2.01. The molecule has 0 fully saturated rings. The van der Waals surface area contributed by atoms with Crippen LogP contribution in [0, 0.1) is 11.8 Å². The Bertz CT molecular complexity index is 631. The van der Waals surface area contributed by atoms with Gasteiger partial charge in [0.05, 0.1) is 6.61 Å². The monoisotopic (exact) mass is 278 g/mol. The molecule has 0 radical (unpaired) electrons. The summed E-state index contributed by atoms with van der Waals surface area (Å²) in [5, 5.41) is 0. The van der Waals surface area contributed by atoms with E-state index in [4.69, 9.17) is 4.74 Å². The zero-order valence-corrected chi connectivity index (χ0v) is 12.1. The summed E-state index contributed by atoms with van der Waals surface area (Å²) in [6, 6.07) is 18.5. The fraction of sp³-hybridized carbons (Fsp3) is 0.211. The van der Waals surface area contributed by atoms with Crippen molar-refractivity contribution in [1.82, 2.24) is 0 Å². The maximum absolute atomic E-state index is 11.2. The Morgan fingerprint density at radius 1 is 1.00 bits per heavy atom. The van der Waals surface area contributed by atoms with Crippen LogP contribution in [-0.2, 0) is 16.0 Å². The van der Waals surface area contributed by atoms with Crippen LogP contribution < -0.4 is 0 Å². The highest BCUT2D eigenvalue weighted by Crippen LogP contribution is 2.10. The quantitative estimate of drug-likeness (QED) is 0.631. The summed E-state index contributed by atoms with van der Waals surface area (Å²) >= 11 is 0. The Balaban J connectivity index is 1.93. The minimum atomic E-state index is -0.273. The van der Waals surface area contributed by atoms with Crippen molar-refractivity contribution in [3.63, 3.8) is 0 Å². The molecule has 2 nitrogen and oxygen atoms in total. The standard InChI is InChI=1S/C19H18O2/c1-2-21-19(20)10-6-9-16-11-13-18(14-12-16)15-17-7-4-3-5-8-17/h3-5,7-8,11-14H,2,10,15H2,1H3. The van der Waals surface area contributed by atoms with Gasteiger partial charge in [0.2, 0.25) is 0 Å². The molecule has 2 rings (SSSR count). The molecule has 0 bridgehead atoms. The number of rotatable bonds is 4. The number of ether oxygens (including phenoxy) is 1. The lowest BCUT2D eigenvalue weighted by atomic mass is 10.0. The molecular weight excluding hydrogens is 260 g/mol. The van der Waals surface area contributed by atoms with Crippen LogP contribution in [0.15, 0.2) is 54.6 Å². The van der Waals surface area contributed by atoms with Gasteiger partial charge in [0.25, 0.3) is 0 Å². The van der Waals surface area contributed by atoms with E-state index in [0.717, 1.165) is 12.0 Å². The summed E-state index contributed by atoms with van der Waals surface area (Å²) in [6.07, 6.45) is 1.05. The van der Waals surface area contributed by atoms with Crippen molar-refractivity contribution >= 4 is 5.97 Å². The molecule has 106 valence electrons. The average molecular weight is 278 g/mol. The van der Waals surface area contributed by atoms with Crippen LogP contribution in [0.4, 0.5) is 0 Å². The zero-order chi connectivity index (χ0) is 14.9. The third kappa shape index (κ3) is 5.16. The van der Waals surface area contributed by atoms with E-state index in [1.165, 1.54) is 11.1 Å². The van der Waals surface area contributed by atoms with E-state index in [1.807, 2.05) is 30.3 Å². The molecule has 0 saturated carbocycles. The van der Waals surface area contributed by atoms with Gasteiger partial charge >= 0.3 is 5.97 Å². The summed E-state index contributed by atoms with van der Waals surface area (Å²) in [7, 11) is 0. The van der Waals surface area contributed by atoms with Crippen molar-refractivity contribution < 1.29 is 9.53 Å². The molecule has 0 atom stereocenters. The van der Waals surface area contributed by atoms with E-state index in [9.17, 15) is 4.79 Å². The van der Waals surface area contributed by atoms with Gasteiger partial charge in [-0.25, -0.2) is 0 Å². The molecular formula is C19H18O2. The third-order valence-electron chi connectivity index (χ3n) is 2.98. The molecule has 2 aromatic rings. The Morgan fingerprint density at radius 3 is 2.33 bits per heavy atom. The highest BCUT2D eigenvalue weighted by atomic mass is 16.5. The van der Waals surface area contributed by atoms with Crippen molar-refractivity contribution in [2.24, 2.45) is 0 Å². The largest absolute Gasteiger partial charge is 0.465 e. The van der Waals surface area contributed by atoms with Gasteiger partial charge in [-0.2, -0.15) is 0 Å². The van der Waals surface area contributed by atoms with Gasteiger partial charge in [0.1, 0.15) is 6.42 Å². The Labute approximate surface area is 125 Å². The van der Waals surface area contributed by atoms with Crippen molar-refractivity contribution in [2.45, 2.75) is 19.8 Å². The van der Waals surface area contributed by atoms with Crippen molar-refractivity contribution in [3.8, 4) is 11.8 Å². The first-order valence-electron chi connectivity index (χ1n) is 7.05. The fourth-order valence-electron chi connectivity index (χ4n) is 1.97. The molecule has 0 spiro atoms. The minimum Gasteiger partial charge on any atom is -0.465 e. The number of carbonyl (C=O) groups excluding carboxylic acids is 1. The van der Waals surface area contributed by atoms with Gasteiger partial charge in [-0.3, -0.25) is 4.79 Å². The number of carbonyl (C=O) groups is 1. The second kappa shape index (κ2) is 7.91. The summed E-state index contributed by atoms with van der Waals surface area (Å²) < 4.78 is 4.82. The zero-order valence-electron chi connectivity index (χ0n) is 12.1. The Hall–Kier alpha value is -2.53. The Kier molecular flexibility index (Phi) is 5.60. The molecule has 0 aromatic heterocycles. The fourth-order valence-corrected chi connectivity index (χ4v) is 1.97. The van der Waals surface area contributed by atoms with Crippen LogP contribution in [0.2, 0.25) is 0 Å². The minimum absolute atomic E-state index is 0.138. The highest BCUT2D eigenvalue weighted by Gasteiger charge is 1.97. The predicted octanol–water partition coefficient (Wildman–Crippen LogP) is 3.58. The normalized spacial score (nSPS) is 9.57. The third-order valence-corrected chi connectivity index (χ3v) is 2.98. The molecule has 0 aliphatic heterocycles. The first-order valence-corrected chi connectivity index (χ1v) is 7.05. The summed E-state index contributed by atoms with van der Waals surface area (Å²) in [5.41, 5.74) is 3.45. The van der Waals surface area contributed by atoms with Crippen LogP contribution >= 0.6 is 0 Å². The molecule has 0 aliphatic rings. The molecule has 2 heteroatoms. The van der Waals surface area contributed by atoms with Crippen LogP contribution in [0.3, 0.4) is 0 Å². The first-order chi connectivity index (χ1) is 10.3. The lowest BCUT2D eigenvalue weighted by Gasteiger charge is -2.01. The van der Waals surface area contributed by atoms with E-state index in [0.29, 0.717) is 6.61 Å². The van der Waals surface area contributed by atoms with Gasteiger partial charge < -0.3 is 4.74 Å². The van der Waals surface area contributed by atoms with E-state index in [1.54, 1.807) is 6.92 Å². The second-order valence-corrected chi connectivity index (χ2v) is 4.64. The summed E-state index contributed by atoms with van der Waals surface area (Å²) in [4.78, 5) is 11.2. The number of hydrogen-bond acceptors (Lipinski definition) is 2. The molecule has 0 saturated heterocycles. The van der Waals surface area contributed by atoms with E-state index in [-0.39, 0.29) is 12.4 Å². The maximum atomic E-state index is 11.2. The van der Waals surface area contributed by atoms with Gasteiger partial charge in [0, 0.05) is 5.56 Å². The SMILES string of the molecule is CCOC(=O)CC#Cc1ccc(Cc2ccccc2)cc1. The van der Waals surface area contributed by atoms with Crippen molar-refractivity contribution in [2.75, 3.05) is 6.61 Å². The molecule has 2 aromatic carbocycles. The van der Waals surface area contributed by atoms with E-state index < -0.39 is 0 Å². The summed E-state index contributed by atoms with van der Waals surface area (Å²) in [6.45, 7) is 2.19. The Morgan fingerprint density at radius 2 is 1.67 bits per heavy atom. The van der Waals surface area contributed by atoms with Crippen molar-refractivity contribution in [1.29, 1.82) is 0 Å². The number of esters is 1. The molecule has 0 amide bonds. The van der Waals surface area contributed by atoms with Gasteiger partial charge in [0.15, 0.2) is 0 Å². The summed E-state index contributed by atoms with van der Waals surface area (Å²) in [5.74, 6) is 5.53. The highest BCUT2D eigenvalue weighted by molar-refractivity contribution is 5.72. The maximum Gasteiger partial charge on any atom is 0.317 e. The molecule has 0 aliphatic carbocycles. The smallest absolute Gasteiger partial charge is 0.317 e. The second-order valence-electron chi connectivity index (χ2n) is 4.64.